The minimum absolute atomic E-state index is 0. The normalized spacial score (nSPS) is 19.2. The molecule has 0 radical (unpaired) electrons. The second kappa shape index (κ2) is 8.02. The van der Waals surface area contributed by atoms with Gasteiger partial charge in [-0.25, -0.2) is 0 Å². The average molecular weight is 366 g/mol. The first-order chi connectivity index (χ1) is 11.5. The maximum Gasteiger partial charge on any atom is 0.317 e. The van der Waals surface area contributed by atoms with Gasteiger partial charge in [-0.15, -0.1) is 12.4 Å². The highest BCUT2D eigenvalue weighted by molar-refractivity contribution is 6.00. The summed E-state index contributed by atoms with van der Waals surface area (Å²) >= 11 is 0. The van der Waals surface area contributed by atoms with E-state index in [1.807, 2.05) is 6.07 Å². The van der Waals surface area contributed by atoms with E-state index in [2.05, 4.69) is 24.0 Å². The summed E-state index contributed by atoms with van der Waals surface area (Å²) in [6.07, 6.45) is 2.58. The summed E-state index contributed by atoms with van der Waals surface area (Å²) < 4.78 is 10.4. The van der Waals surface area contributed by atoms with Crippen molar-refractivity contribution in [1.29, 1.82) is 0 Å². The number of fused-ring (bicyclic) bond motifs is 1. The molecule has 136 valence electrons. The zero-order chi connectivity index (χ0) is 17.3. The topological polar surface area (TPSA) is 55.8 Å². The van der Waals surface area contributed by atoms with Crippen LogP contribution in [0.3, 0.4) is 0 Å². The number of aryl methyl sites for hydroxylation is 1. The Morgan fingerprint density at radius 1 is 1.36 bits per heavy atom. The van der Waals surface area contributed by atoms with Gasteiger partial charge in [-0.3, -0.25) is 14.5 Å². The largest absolute Gasteiger partial charge is 0.497 e. The van der Waals surface area contributed by atoms with E-state index in [4.69, 9.17) is 9.47 Å². The van der Waals surface area contributed by atoms with Crippen molar-refractivity contribution in [3.63, 3.8) is 0 Å². The van der Waals surface area contributed by atoms with Crippen LogP contribution in [0, 0.1) is 12.8 Å². The van der Waals surface area contributed by atoms with E-state index in [0.717, 1.165) is 12.3 Å². The summed E-state index contributed by atoms with van der Waals surface area (Å²) in [5.41, 5.74) is 4.88. The molecule has 1 atom stereocenters. The first-order valence-corrected chi connectivity index (χ1v) is 8.34. The Morgan fingerprint density at radius 2 is 2.12 bits per heavy atom. The maximum absolute atomic E-state index is 12.0. The van der Waals surface area contributed by atoms with Crippen molar-refractivity contribution in [3.8, 4) is 5.75 Å². The van der Waals surface area contributed by atoms with Crippen molar-refractivity contribution >= 4 is 35.8 Å². The van der Waals surface area contributed by atoms with E-state index in [0.29, 0.717) is 26.1 Å². The van der Waals surface area contributed by atoms with Crippen LogP contribution in [-0.4, -0.2) is 50.0 Å². The maximum atomic E-state index is 12.0. The molecule has 0 spiro atoms. The first kappa shape index (κ1) is 19.5. The number of piperidine rings is 1. The van der Waals surface area contributed by atoms with Gasteiger partial charge in [-0.1, -0.05) is 0 Å². The molecule has 5 nitrogen and oxygen atoms in total. The van der Waals surface area contributed by atoms with Gasteiger partial charge in [0.25, 0.3) is 0 Å². The molecule has 6 heteroatoms. The number of ketones is 1. The number of benzene rings is 1. The number of carbonyl (C=O) groups excluding carboxylic acids is 2. The smallest absolute Gasteiger partial charge is 0.317 e. The van der Waals surface area contributed by atoms with Gasteiger partial charge >= 0.3 is 5.97 Å². The molecule has 1 aliphatic heterocycles. The number of Topliss-reactive ketones (excluding diaryl/α,β-unsaturated/α-hetero) is 1. The molecule has 0 saturated carbocycles. The van der Waals surface area contributed by atoms with Crippen molar-refractivity contribution in [2.24, 2.45) is 5.92 Å². The van der Waals surface area contributed by atoms with Gasteiger partial charge < -0.3 is 9.47 Å². The summed E-state index contributed by atoms with van der Waals surface area (Å²) in [5, 5.41) is 0. The van der Waals surface area contributed by atoms with Gasteiger partial charge in [0.15, 0.2) is 0 Å². The lowest BCUT2D eigenvalue weighted by molar-refractivity contribution is -0.153. The minimum atomic E-state index is -0.647. The van der Waals surface area contributed by atoms with E-state index >= 15 is 0 Å². The number of ether oxygens (including phenoxy) is 2. The quantitative estimate of drug-likeness (QED) is 0.593. The molecule has 1 unspecified atom stereocenters. The number of esters is 1. The van der Waals surface area contributed by atoms with E-state index in [1.54, 1.807) is 14.0 Å². The van der Waals surface area contributed by atoms with Crippen molar-refractivity contribution < 1.29 is 19.1 Å². The summed E-state index contributed by atoms with van der Waals surface area (Å²) in [7, 11) is 1.67. The second-order valence-corrected chi connectivity index (χ2v) is 6.33. The zero-order valence-electron chi connectivity index (χ0n) is 14.8. The molecule has 1 aliphatic carbocycles. The Kier molecular flexibility index (Phi) is 6.25. The molecule has 1 fully saturated rings. The molecule has 0 amide bonds. The third-order valence-electron chi connectivity index (χ3n) is 4.73. The van der Waals surface area contributed by atoms with Crippen LogP contribution in [0.5, 0.6) is 5.75 Å². The molecule has 0 N–H and O–H groups in total. The molecule has 25 heavy (non-hydrogen) atoms. The van der Waals surface area contributed by atoms with E-state index in [9.17, 15) is 9.59 Å². The molecule has 1 saturated heterocycles. The van der Waals surface area contributed by atoms with E-state index < -0.39 is 11.9 Å². The molecule has 1 aromatic carbocycles. The van der Waals surface area contributed by atoms with Crippen molar-refractivity contribution in [2.75, 3.05) is 33.4 Å². The van der Waals surface area contributed by atoms with Crippen LogP contribution in [-0.2, 0) is 14.3 Å². The fourth-order valence-corrected chi connectivity index (χ4v) is 3.37. The van der Waals surface area contributed by atoms with Crippen molar-refractivity contribution in [1.82, 2.24) is 4.90 Å². The number of rotatable bonds is 5. The number of halogens is 1. The monoisotopic (exact) mass is 365 g/mol. The highest BCUT2D eigenvalue weighted by Crippen LogP contribution is 2.38. The fourth-order valence-electron chi connectivity index (χ4n) is 3.37. The number of hydrogen-bond donors (Lipinski definition) is 0. The Balaban J connectivity index is 0.00000225. The molecular formula is C19H24ClNO4. The standard InChI is InChI=1S/C19H23NO4.ClH/c1-4-24-19(22)17-11-20(6-5-18(17)21)10-13-8-15-12(2)7-14(23-3)9-16(13)15;/h7-9,17H,4-6,10-11H2,1-3H3;1H. The number of carbonyl (C=O) groups is 2. The van der Waals surface area contributed by atoms with Gasteiger partial charge in [0.05, 0.1) is 13.7 Å². The van der Waals surface area contributed by atoms with E-state index in [-0.39, 0.29) is 18.2 Å². The Morgan fingerprint density at radius 3 is 2.80 bits per heavy atom. The fraction of sp³-hybridized carbons (Fsp3) is 0.474. The van der Waals surface area contributed by atoms with E-state index in [1.165, 1.54) is 22.3 Å². The van der Waals surface area contributed by atoms with Crippen LogP contribution in [0.2, 0.25) is 0 Å². The summed E-state index contributed by atoms with van der Waals surface area (Å²) in [6.45, 7) is 6.00. The van der Waals surface area contributed by atoms with Gasteiger partial charge in [0, 0.05) is 26.1 Å². The van der Waals surface area contributed by atoms with Crippen LogP contribution in [0.15, 0.2) is 12.1 Å². The van der Waals surface area contributed by atoms with Crippen LogP contribution >= 0.6 is 12.4 Å². The van der Waals surface area contributed by atoms with Crippen molar-refractivity contribution in [2.45, 2.75) is 20.3 Å². The van der Waals surface area contributed by atoms with Crippen LogP contribution in [0.1, 0.15) is 30.0 Å². The predicted octanol–water partition coefficient (Wildman–Crippen LogP) is 2.73. The minimum Gasteiger partial charge on any atom is -0.497 e. The lowest BCUT2D eigenvalue weighted by atomic mass is 9.84. The number of methoxy groups -OCH3 is 1. The van der Waals surface area contributed by atoms with Gasteiger partial charge in [0.2, 0.25) is 0 Å². The molecular weight excluding hydrogens is 342 g/mol. The molecule has 1 aromatic rings. The van der Waals surface area contributed by atoms with Crippen LogP contribution < -0.4 is 4.74 Å². The van der Waals surface area contributed by atoms with Gasteiger partial charge in [-0.05, 0) is 54.3 Å². The Labute approximate surface area is 154 Å². The summed E-state index contributed by atoms with van der Waals surface area (Å²) in [4.78, 5) is 26.1. The third kappa shape index (κ3) is 3.88. The molecule has 0 bridgehead atoms. The van der Waals surface area contributed by atoms with Crippen LogP contribution in [0.4, 0.5) is 0 Å². The average Bonchev–Trinajstić information content (AvgIpc) is 2.55. The lowest BCUT2D eigenvalue weighted by Gasteiger charge is -2.33. The summed E-state index contributed by atoms with van der Waals surface area (Å²) in [5.74, 6) is -0.195. The van der Waals surface area contributed by atoms with Gasteiger partial charge in [0.1, 0.15) is 17.5 Å². The highest BCUT2D eigenvalue weighted by atomic mass is 35.5. The number of nitrogens with zero attached hydrogens (tertiary/aromatic N) is 1. The van der Waals surface area contributed by atoms with Crippen molar-refractivity contribution in [3.05, 3.63) is 28.8 Å². The Bertz CT molecular complexity index is 714. The Hall–Kier alpha value is -1.85. The first-order valence-electron chi connectivity index (χ1n) is 8.34. The van der Waals surface area contributed by atoms with Crippen LogP contribution in [0.25, 0.3) is 11.6 Å². The number of likely N-dealkylation sites (tertiary alicyclic amines) is 1. The highest BCUT2D eigenvalue weighted by Gasteiger charge is 2.34. The molecule has 0 aromatic heterocycles. The SMILES string of the molecule is CCOC(=O)C1CN(CC2=Cc3c(C)cc(OC)cc32)CCC1=O.Cl. The third-order valence-corrected chi connectivity index (χ3v) is 4.73. The predicted molar refractivity (Wildman–Crippen MR) is 99.0 cm³/mol. The second-order valence-electron chi connectivity index (χ2n) is 6.33. The molecule has 2 aliphatic rings. The molecule has 3 rings (SSSR count). The lowest BCUT2D eigenvalue weighted by Crippen LogP contribution is -2.45. The number of hydrogen-bond acceptors (Lipinski definition) is 5. The zero-order valence-corrected chi connectivity index (χ0v) is 15.6. The molecule has 1 heterocycles. The van der Waals surface area contributed by atoms with Gasteiger partial charge in [-0.2, -0.15) is 0 Å². The summed E-state index contributed by atoms with van der Waals surface area (Å²) in [6, 6.07) is 4.08.